The highest BCUT2D eigenvalue weighted by Gasteiger charge is 2.45. The molecule has 0 saturated heterocycles. The first-order valence-corrected chi connectivity index (χ1v) is 7.96. The van der Waals surface area contributed by atoms with Crippen molar-refractivity contribution in [2.75, 3.05) is 13.1 Å². The fourth-order valence-electron chi connectivity index (χ4n) is 2.69. The number of nitrogens with one attached hydrogen (secondary N) is 2. The Hall–Kier alpha value is -1.26. The average molecular weight is 298 g/mol. The van der Waals surface area contributed by atoms with Gasteiger partial charge in [0.25, 0.3) is 0 Å². The van der Waals surface area contributed by atoms with E-state index in [1.54, 1.807) is 0 Å². The summed E-state index contributed by atoms with van der Waals surface area (Å²) in [5.74, 6) is 0.617. The van der Waals surface area contributed by atoms with Crippen molar-refractivity contribution in [1.29, 1.82) is 0 Å². The number of urea groups is 1. The fraction of sp³-hybridized carbons (Fsp3) is 0.875. The second-order valence-electron chi connectivity index (χ2n) is 7.25. The van der Waals surface area contributed by atoms with E-state index in [-0.39, 0.29) is 12.5 Å². The predicted molar refractivity (Wildman–Crippen MR) is 83.1 cm³/mol. The molecule has 0 aromatic heterocycles. The summed E-state index contributed by atoms with van der Waals surface area (Å²) in [4.78, 5) is 22.3. The van der Waals surface area contributed by atoms with Gasteiger partial charge in [-0.25, -0.2) is 4.79 Å². The van der Waals surface area contributed by atoms with Crippen LogP contribution in [0, 0.1) is 23.2 Å². The lowest BCUT2D eigenvalue weighted by Gasteiger charge is -2.20. The zero-order valence-corrected chi connectivity index (χ0v) is 13.7. The van der Waals surface area contributed by atoms with Crippen molar-refractivity contribution in [3.8, 4) is 0 Å². The number of carbonyl (C=O) groups excluding carboxylic acids is 1. The summed E-state index contributed by atoms with van der Waals surface area (Å²) in [6.07, 6.45) is 2.88. The Morgan fingerprint density at radius 2 is 1.86 bits per heavy atom. The monoisotopic (exact) mass is 298 g/mol. The molecule has 2 unspecified atom stereocenters. The lowest BCUT2D eigenvalue weighted by molar-refractivity contribution is -0.137. The number of hydrogen-bond acceptors (Lipinski definition) is 2. The van der Waals surface area contributed by atoms with E-state index < -0.39 is 5.97 Å². The topological polar surface area (TPSA) is 78.4 Å². The molecule has 1 aliphatic rings. The van der Waals surface area contributed by atoms with Crippen molar-refractivity contribution in [3.63, 3.8) is 0 Å². The van der Waals surface area contributed by atoms with Crippen molar-refractivity contribution in [2.45, 2.75) is 53.4 Å². The number of hydrogen-bond donors (Lipinski definition) is 3. The maximum atomic E-state index is 11.7. The predicted octanol–water partition coefficient (Wildman–Crippen LogP) is 2.86. The first kappa shape index (κ1) is 17.8. The number of carbonyl (C=O) groups is 2. The number of carboxylic acid groups (broad SMARTS) is 1. The van der Waals surface area contributed by atoms with Crippen LogP contribution in [0.25, 0.3) is 0 Å². The molecule has 5 nitrogen and oxygen atoms in total. The molecule has 2 amide bonds. The van der Waals surface area contributed by atoms with Crippen LogP contribution in [0.1, 0.15) is 53.4 Å². The van der Waals surface area contributed by atoms with Crippen LogP contribution >= 0.6 is 0 Å². The second-order valence-corrected chi connectivity index (χ2v) is 7.25. The minimum atomic E-state index is -0.751. The van der Waals surface area contributed by atoms with Gasteiger partial charge >= 0.3 is 12.0 Å². The molecule has 0 aliphatic heterocycles. The number of aliphatic carboxylic acids is 1. The summed E-state index contributed by atoms with van der Waals surface area (Å²) >= 11 is 0. The smallest absolute Gasteiger partial charge is 0.314 e. The average Bonchev–Trinajstić information content (AvgIpc) is 2.98. The second kappa shape index (κ2) is 7.66. The van der Waals surface area contributed by atoms with Crippen LogP contribution in [0.2, 0.25) is 0 Å². The molecule has 1 aliphatic carbocycles. The SMILES string of the molecule is CC(C)C(CCNC(=O)NCC1CC1(C)C)CCC(=O)O. The molecule has 0 aromatic rings. The van der Waals surface area contributed by atoms with Crippen LogP contribution in [-0.4, -0.2) is 30.2 Å². The Balaban J connectivity index is 2.14. The van der Waals surface area contributed by atoms with Crippen molar-refractivity contribution in [3.05, 3.63) is 0 Å². The van der Waals surface area contributed by atoms with E-state index in [0.717, 1.165) is 13.0 Å². The van der Waals surface area contributed by atoms with Gasteiger partial charge in [-0.05, 0) is 42.4 Å². The maximum absolute atomic E-state index is 11.7. The Labute approximate surface area is 127 Å². The summed E-state index contributed by atoms with van der Waals surface area (Å²) < 4.78 is 0. The number of amides is 2. The third-order valence-corrected chi connectivity index (χ3v) is 4.70. The van der Waals surface area contributed by atoms with Crippen LogP contribution in [-0.2, 0) is 4.79 Å². The lowest BCUT2D eigenvalue weighted by atomic mass is 9.88. The Morgan fingerprint density at radius 1 is 1.24 bits per heavy atom. The normalized spacial score (nSPS) is 20.9. The largest absolute Gasteiger partial charge is 0.481 e. The highest BCUT2D eigenvalue weighted by atomic mass is 16.4. The van der Waals surface area contributed by atoms with Crippen molar-refractivity contribution >= 4 is 12.0 Å². The van der Waals surface area contributed by atoms with Gasteiger partial charge in [0.05, 0.1) is 0 Å². The quantitative estimate of drug-likeness (QED) is 0.612. The van der Waals surface area contributed by atoms with Gasteiger partial charge in [-0.15, -0.1) is 0 Å². The molecular formula is C16H30N2O3. The van der Waals surface area contributed by atoms with Gasteiger partial charge in [0.1, 0.15) is 0 Å². The van der Waals surface area contributed by atoms with Gasteiger partial charge in [0.15, 0.2) is 0 Å². The van der Waals surface area contributed by atoms with Gasteiger partial charge in [0, 0.05) is 19.5 Å². The molecule has 21 heavy (non-hydrogen) atoms. The molecule has 5 heteroatoms. The molecule has 0 bridgehead atoms. The summed E-state index contributed by atoms with van der Waals surface area (Å²) in [7, 11) is 0. The Morgan fingerprint density at radius 3 is 2.33 bits per heavy atom. The first-order chi connectivity index (χ1) is 9.72. The zero-order valence-electron chi connectivity index (χ0n) is 13.7. The lowest BCUT2D eigenvalue weighted by Crippen LogP contribution is -2.38. The van der Waals surface area contributed by atoms with Gasteiger partial charge in [-0.2, -0.15) is 0 Å². The van der Waals surface area contributed by atoms with Crippen molar-refractivity contribution in [2.24, 2.45) is 23.2 Å². The van der Waals surface area contributed by atoms with E-state index in [0.29, 0.717) is 36.1 Å². The molecule has 1 fully saturated rings. The summed E-state index contributed by atoms with van der Waals surface area (Å²) in [5, 5.41) is 14.5. The van der Waals surface area contributed by atoms with Crippen molar-refractivity contribution < 1.29 is 14.7 Å². The molecule has 0 radical (unpaired) electrons. The minimum Gasteiger partial charge on any atom is -0.481 e. The standard InChI is InChI=1S/C16H30N2O3/c1-11(2)12(5-6-14(19)20)7-8-17-15(21)18-10-13-9-16(13,3)4/h11-13H,5-10H2,1-4H3,(H,19,20)(H2,17,18,21). The molecular weight excluding hydrogens is 268 g/mol. The molecule has 1 rings (SSSR count). The molecule has 0 heterocycles. The number of carboxylic acids is 1. The molecule has 122 valence electrons. The van der Waals surface area contributed by atoms with Crippen LogP contribution in [0.15, 0.2) is 0 Å². The van der Waals surface area contributed by atoms with E-state index in [1.165, 1.54) is 6.42 Å². The number of rotatable bonds is 9. The summed E-state index contributed by atoms with van der Waals surface area (Å²) in [6, 6.07) is -0.113. The highest BCUT2D eigenvalue weighted by Crippen LogP contribution is 2.50. The van der Waals surface area contributed by atoms with Crippen LogP contribution in [0.3, 0.4) is 0 Å². The van der Waals surface area contributed by atoms with Gasteiger partial charge in [-0.1, -0.05) is 27.7 Å². The Bertz CT molecular complexity index is 367. The highest BCUT2D eigenvalue weighted by molar-refractivity contribution is 5.73. The van der Waals surface area contributed by atoms with Gasteiger partial charge < -0.3 is 15.7 Å². The van der Waals surface area contributed by atoms with Crippen LogP contribution in [0.4, 0.5) is 4.79 Å². The third-order valence-electron chi connectivity index (χ3n) is 4.70. The molecule has 0 spiro atoms. The van der Waals surface area contributed by atoms with Crippen LogP contribution < -0.4 is 10.6 Å². The van der Waals surface area contributed by atoms with E-state index in [9.17, 15) is 9.59 Å². The maximum Gasteiger partial charge on any atom is 0.314 e. The van der Waals surface area contributed by atoms with E-state index >= 15 is 0 Å². The minimum absolute atomic E-state index is 0.113. The van der Waals surface area contributed by atoms with Crippen molar-refractivity contribution in [1.82, 2.24) is 10.6 Å². The fourth-order valence-corrected chi connectivity index (χ4v) is 2.69. The molecule has 3 N–H and O–H groups in total. The van der Waals surface area contributed by atoms with Gasteiger partial charge in [-0.3, -0.25) is 4.79 Å². The Kier molecular flexibility index (Phi) is 6.49. The van der Waals surface area contributed by atoms with Gasteiger partial charge in [0.2, 0.25) is 0 Å². The zero-order chi connectivity index (χ0) is 16.0. The van der Waals surface area contributed by atoms with Crippen LogP contribution in [0.5, 0.6) is 0 Å². The molecule has 1 saturated carbocycles. The molecule has 2 atom stereocenters. The third kappa shape index (κ3) is 6.82. The summed E-state index contributed by atoms with van der Waals surface area (Å²) in [6.45, 7) is 9.97. The summed E-state index contributed by atoms with van der Waals surface area (Å²) in [5.41, 5.74) is 0.382. The first-order valence-electron chi connectivity index (χ1n) is 7.96. The van der Waals surface area contributed by atoms with E-state index in [2.05, 4.69) is 38.3 Å². The van der Waals surface area contributed by atoms with E-state index in [1.807, 2.05) is 0 Å². The van der Waals surface area contributed by atoms with E-state index in [4.69, 9.17) is 5.11 Å². The molecule has 0 aromatic carbocycles.